The summed E-state index contributed by atoms with van der Waals surface area (Å²) in [5.74, 6) is 1.59. The smallest absolute Gasteiger partial charge is 0.217 e. The number of ether oxygens (including phenoxy) is 3. The third-order valence-electron chi connectivity index (χ3n) is 5.49. The van der Waals surface area contributed by atoms with Gasteiger partial charge in [0.2, 0.25) is 5.88 Å². The summed E-state index contributed by atoms with van der Waals surface area (Å²) in [6.45, 7) is 12.8. The van der Waals surface area contributed by atoms with E-state index in [-0.39, 0.29) is 11.6 Å². The summed E-state index contributed by atoms with van der Waals surface area (Å²) in [6, 6.07) is 15.2. The van der Waals surface area contributed by atoms with E-state index in [1.54, 1.807) is 0 Å². The average Bonchev–Trinajstić information content (AvgIpc) is 2.73. The van der Waals surface area contributed by atoms with Gasteiger partial charge in [0.25, 0.3) is 0 Å². The van der Waals surface area contributed by atoms with E-state index in [1.807, 2.05) is 6.07 Å². The van der Waals surface area contributed by atoms with Crippen LogP contribution in [0.15, 0.2) is 42.5 Å². The first kappa shape index (κ1) is 20.9. The Morgan fingerprint density at radius 2 is 1.67 bits per heavy atom. The van der Waals surface area contributed by atoms with Crippen molar-refractivity contribution in [1.29, 1.82) is 0 Å². The van der Waals surface area contributed by atoms with E-state index in [2.05, 4.69) is 73.9 Å². The number of rotatable bonds is 4. The van der Waals surface area contributed by atoms with E-state index in [4.69, 9.17) is 19.2 Å². The van der Waals surface area contributed by atoms with Crippen LogP contribution in [0.1, 0.15) is 39.3 Å². The molecule has 6 nitrogen and oxygen atoms in total. The summed E-state index contributed by atoms with van der Waals surface area (Å²) in [5, 5.41) is 0. The Hall–Kier alpha value is -2.31. The van der Waals surface area contributed by atoms with Gasteiger partial charge in [-0.25, -0.2) is 0 Å². The van der Waals surface area contributed by atoms with Gasteiger partial charge in [0.15, 0.2) is 0 Å². The first-order valence-corrected chi connectivity index (χ1v) is 10.9. The molecule has 0 aliphatic carbocycles. The van der Waals surface area contributed by atoms with E-state index in [0.717, 1.165) is 37.8 Å². The lowest BCUT2D eigenvalue weighted by Crippen LogP contribution is -2.44. The van der Waals surface area contributed by atoms with Gasteiger partial charge >= 0.3 is 0 Å². The highest BCUT2D eigenvalue weighted by molar-refractivity contribution is 5.60. The minimum absolute atomic E-state index is 0.132. The Morgan fingerprint density at radius 3 is 2.37 bits per heavy atom. The molecule has 0 spiro atoms. The van der Waals surface area contributed by atoms with Crippen molar-refractivity contribution < 1.29 is 14.2 Å². The minimum atomic E-state index is -0.316. The van der Waals surface area contributed by atoms with Gasteiger partial charge in [-0.15, -0.1) is 0 Å². The maximum atomic E-state index is 6.21. The molecule has 1 aromatic carbocycles. The van der Waals surface area contributed by atoms with Gasteiger partial charge < -0.3 is 24.0 Å². The molecule has 2 saturated heterocycles. The molecule has 2 unspecified atom stereocenters. The zero-order valence-electron chi connectivity index (χ0n) is 18.5. The Labute approximate surface area is 179 Å². The molecule has 3 heterocycles. The predicted octanol–water partition coefficient (Wildman–Crippen LogP) is 4.06. The molecule has 2 fully saturated rings. The molecule has 0 saturated carbocycles. The summed E-state index contributed by atoms with van der Waals surface area (Å²) < 4.78 is 17.7. The minimum Gasteiger partial charge on any atom is -0.472 e. The number of hydrogen-bond donors (Lipinski definition) is 0. The van der Waals surface area contributed by atoms with E-state index < -0.39 is 0 Å². The molecule has 0 radical (unpaired) electrons. The van der Waals surface area contributed by atoms with Gasteiger partial charge in [-0.3, -0.25) is 0 Å². The first-order valence-electron chi connectivity index (χ1n) is 10.9. The molecule has 0 amide bonds. The SMILES string of the molecule is CC1COCCN1c1cc(OC(C)(C)C)nc(N2CCOCC2c2ccccc2)c1. The van der Waals surface area contributed by atoms with E-state index >= 15 is 0 Å². The maximum absolute atomic E-state index is 6.21. The normalized spacial score (nSPS) is 22.8. The number of pyridine rings is 1. The second-order valence-corrected chi connectivity index (χ2v) is 9.05. The Bertz CT molecular complexity index is 837. The lowest BCUT2D eigenvalue weighted by atomic mass is 10.0. The van der Waals surface area contributed by atoms with Crippen LogP contribution in [0.2, 0.25) is 0 Å². The van der Waals surface area contributed by atoms with Gasteiger partial charge in [-0.1, -0.05) is 30.3 Å². The highest BCUT2D eigenvalue weighted by atomic mass is 16.5. The molecule has 30 heavy (non-hydrogen) atoms. The van der Waals surface area contributed by atoms with E-state index in [1.165, 1.54) is 5.56 Å². The van der Waals surface area contributed by atoms with Crippen molar-refractivity contribution >= 4 is 11.5 Å². The van der Waals surface area contributed by atoms with Crippen LogP contribution >= 0.6 is 0 Å². The molecule has 2 atom stereocenters. The predicted molar refractivity (Wildman–Crippen MR) is 120 cm³/mol. The third-order valence-corrected chi connectivity index (χ3v) is 5.49. The molecule has 6 heteroatoms. The molecule has 162 valence electrons. The molecule has 0 N–H and O–H groups in total. The number of hydrogen-bond acceptors (Lipinski definition) is 6. The molecule has 0 bridgehead atoms. The number of aromatic nitrogens is 1. The summed E-state index contributed by atoms with van der Waals surface area (Å²) in [5.41, 5.74) is 2.05. The maximum Gasteiger partial charge on any atom is 0.217 e. The summed E-state index contributed by atoms with van der Waals surface area (Å²) in [6.07, 6.45) is 0. The van der Waals surface area contributed by atoms with Crippen LogP contribution in [-0.4, -0.2) is 56.1 Å². The summed E-state index contributed by atoms with van der Waals surface area (Å²) in [7, 11) is 0. The van der Waals surface area contributed by atoms with Crippen molar-refractivity contribution in [2.45, 2.75) is 45.4 Å². The zero-order chi connectivity index (χ0) is 21.1. The molecule has 2 aromatic rings. The average molecular weight is 412 g/mol. The van der Waals surface area contributed by atoms with Crippen LogP contribution in [0.5, 0.6) is 5.88 Å². The standard InChI is InChI=1S/C24H33N3O3/c1-18-16-28-12-10-26(18)20-14-22(25-23(15-20)30-24(2,3)4)27-11-13-29-17-21(27)19-8-6-5-7-9-19/h5-9,14-15,18,21H,10-13,16-17H2,1-4H3. The quantitative estimate of drug-likeness (QED) is 0.756. The van der Waals surface area contributed by atoms with Gasteiger partial charge in [0, 0.05) is 37.0 Å². The van der Waals surface area contributed by atoms with Crippen LogP contribution in [0, 0.1) is 0 Å². The summed E-state index contributed by atoms with van der Waals surface area (Å²) in [4.78, 5) is 9.67. The van der Waals surface area contributed by atoms with Crippen LogP contribution in [0.25, 0.3) is 0 Å². The molecule has 4 rings (SSSR count). The van der Waals surface area contributed by atoms with E-state index in [9.17, 15) is 0 Å². The first-order chi connectivity index (χ1) is 14.4. The van der Waals surface area contributed by atoms with Gasteiger partial charge in [0.05, 0.1) is 32.5 Å². The van der Waals surface area contributed by atoms with E-state index in [0.29, 0.717) is 25.1 Å². The molecule has 1 aromatic heterocycles. The van der Waals surface area contributed by atoms with Crippen LogP contribution in [0.4, 0.5) is 11.5 Å². The van der Waals surface area contributed by atoms with Gasteiger partial charge in [-0.2, -0.15) is 4.98 Å². The van der Waals surface area contributed by atoms with Crippen molar-refractivity contribution in [2.75, 3.05) is 49.3 Å². The van der Waals surface area contributed by atoms with Crippen LogP contribution < -0.4 is 14.5 Å². The Kier molecular flexibility index (Phi) is 6.16. The molecular weight excluding hydrogens is 378 g/mol. The summed E-state index contributed by atoms with van der Waals surface area (Å²) >= 11 is 0. The van der Waals surface area contributed by atoms with Crippen LogP contribution in [0.3, 0.4) is 0 Å². The number of anilines is 2. The van der Waals surface area contributed by atoms with Crippen molar-refractivity contribution in [3.8, 4) is 5.88 Å². The van der Waals surface area contributed by atoms with Gasteiger partial charge in [-0.05, 0) is 33.3 Å². The fourth-order valence-corrected chi connectivity index (χ4v) is 4.10. The number of benzene rings is 1. The molecular formula is C24H33N3O3. The van der Waals surface area contributed by atoms with Crippen molar-refractivity contribution in [3.63, 3.8) is 0 Å². The van der Waals surface area contributed by atoms with Crippen molar-refractivity contribution in [3.05, 3.63) is 48.0 Å². The fourth-order valence-electron chi connectivity index (χ4n) is 4.10. The zero-order valence-corrected chi connectivity index (χ0v) is 18.5. The molecule has 2 aliphatic heterocycles. The van der Waals surface area contributed by atoms with Gasteiger partial charge in [0.1, 0.15) is 11.4 Å². The Balaban J connectivity index is 1.73. The van der Waals surface area contributed by atoms with Crippen molar-refractivity contribution in [1.82, 2.24) is 4.98 Å². The Morgan fingerprint density at radius 1 is 0.967 bits per heavy atom. The lowest BCUT2D eigenvalue weighted by Gasteiger charge is -2.39. The molecule has 2 aliphatic rings. The third kappa shape index (κ3) is 4.87. The number of morpholine rings is 2. The highest BCUT2D eigenvalue weighted by Gasteiger charge is 2.28. The lowest BCUT2D eigenvalue weighted by molar-refractivity contribution is 0.0929. The topological polar surface area (TPSA) is 47.1 Å². The monoisotopic (exact) mass is 411 g/mol. The fraction of sp³-hybridized carbons (Fsp3) is 0.542. The largest absolute Gasteiger partial charge is 0.472 e. The van der Waals surface area contributed by atoms with Crippen molar-refractivity contribution in [2.24, 2.45) is 0 Å². The van der Waals surface area contributed by atoms with Crippen LogP contribution in [-0.2, 0) is 9.47 Å². The second-order valence-electron chi connectivity index (χ2n) is 9.05. The highest BCUT2D eigenvalue weighted by Crippen LogP contribution is 2.34. The number of nitrogens with zero attached hydrogens (tertiary/aromatic N) is 3. The second kappa shape index (κ2) is 8.82.